The number of nitro benzene ring substituents is 2. The largest absolute Gasteiger partial charge is 0.491 e. The topological polar surface area (TPSA) is 261 Å². The normalized spacial score (nSPS) is 12.7. The van der Waals surface area contributed by atoms with Crippen molar-refractivity contribution < 1.29 is 66.8 Å². The summed E-state index contributed by atoms with van der Waals surface area (Å²) in [5, 5.41) is 35.6. The summed E-state index contributed by atoms with van der Waals surface area (Å²) in [7, 11) is 3.09. The van der Waals surface area contributed by atoms with E-state index in [0.29, 0.717) is 26.4 Å². The third-order valence-electron chi connectivity index (χ3n) is 11.3. The first kappa shape index (κ1) is 59.9. The highest BCUT2D eigenvalue weighted by Gasteiger charge is 2.26. The van der Waals surface area contributed by atoms with Gasteiger partial charge in [0.25, 0.3) is 0 Å². The van der Waals surface area contributed by atoms with Gasteiger partial charge in [-0.25, -0.2) is 9.59 Å². The number of nitrogens with one attached hydrogen (secondary N) is 4. The zero-order chi connectivity index (χ0) is 53.0. The zero-order valence-electron chi connectivity index (χ0n) is 43.5. The number of carbonyl (C=O) groups is 2. The van der Waals surface area contributed by atoms with Gasteiger partial charge in [-0.3, -0.25) is 20.2 Å². The molecule has 3 aromatic carbocycles. The van der Waals surface area contributed by atoms with E-state index in [4.69, 9.17) is 47.4 Å². The fourth-order valence-corrected chi connectivity index (χ4v) is 5.91. The van der Waals surface area contributed by atoms with Crippen LogP contribution >= 0.6 is 0 Å². The van der Waals surface area contributed by atoms with Crippen LogP contribution < -0.4 is 49.7 Å². The van der Waals surface area contributed by atoms with E-state index in [2.05, 4.69) is 21.3 Å². The average Bonchev–Trinajstić information content (AvgIpc) is 3.36. The van der Waals surface area contributed by atoms with Crippen LogP contribution in [0.25, 0.3) is 0 Å². The number of anilines is 4. The first-order chi connectivity index (χ1) is 34.6. The summed E-state index contributed by atoms with van der Waals surface area (Å²) < 4.78 is 57.6. The number of urea groups is 2. The van der Waals surface area contributed by atoms with Crippen LogP contribution in [-0.4, -0.2) is 115 Å². The number of hydrogen-bond acceptors (Lipinski definition) is 16. The molecule has 0 saturated heterocycles. The second-order valence-electron chi connectivity index (χ2n) is 17.4. The van der Waals surface area contributed by atoms with E-state index in [9.17, 15) is 29.8 Å². The van der Waals surface area contributed by atoms with Crippen molar-refractivity contribution in [2.75, 3.05) is 115 Å². The molecule has 0 aromatic heterocycles. The first-order valence-electron chi connectivity index (χ1n) is 24.5. The molecular formula is C50H76N6O16. The van der Waals surface area contributed by atoms with Crippen molar-refractivity contribution in [1.29, 1.82) is 0 Å². The van der Waals surface area contributed by atoms with E-state index in [-0.39, 0.29) is 145 Å². The van der Waals surface area contributed by atoms with Crippen LogP contribution in [0.15, 0.2) is 36.4 Å². The van der Waals surface area contributed by atoms with Gasteiger partial charge in [-0.1, -0.05) is 81.1 Å². The molecule has 22 nitrogen and oxygen atoms in total. The molecule has 4 amide bonds. The molecule has 0 bridgehead atoms. The van der Waals surface area contributed by atoms with Crippen LogP contribution in [0, 0.1) is 43.9 Å². The molecule has 0 aliphatic heterocycles. The van der Waals surface area contributed by atoms with Crippen LogP contribution in [-0.2, 0) is 18.9 Å². The molecule has 0 aliphatic rings. The maximum absolute atomic E-state index is 14.1. The summed E-state index contributed by atoms with van der Waals surface area (Å²) in [5.41, 5.74) is -0.780. The lowest BCUT2D eigenvalue weighted by Crippen LogP contribution is -2.23. The molecule has 0 radical (unpaired) electrons. The lowest BCUT2D eigenvalue weighted by Gasteiger charge is -2.21. The number of methoxy groups -OCH3 is 2. The van der Waals surface area contributed by atoms with Crippen molar-refractivity contribution in [2.45, 2.75) is 81.1 Å². The first-order valence-corrected chi connectivity index (χ1v) is 24.5. The standard InChI is InChI=1S/C50H76N6O16/c1-11-33(5)29-69-45-27-47(71-31-35(7)13-3)41(55(59)60)24-39(45)53-49(57)51-37-23-38(44(68-22-20-66-18-16-64-10)26-43(37)67-21-19-65-17-15-63-9)52-50(58)54-40-25-42(56(61)62)48(72-32-36(8)14-4)28-46(40)70-30-34(6)12-2/h23-28,33-36H,11-22,29-32H2,1-10H3,(H2,51,53,57)(H2,52,54,58)/t33-,34-,35-,36-/m1/s1. The molecule has 3 aromatic rings. The van der Waals surface area contributed by atoms with E-state index < -0.39 is 21.9 Å². The molecule has 0 fully saturated rings. The monoisotopic (exact) mass is 1020 g/mol. The third kappa shape index (κ3) is 20.8. The fraction of sp³-hybridized carbons (Fsp3) is 0.600. The van der Waals surface area contributed by atoms with Crippen LogP contribution in [0.4, 0.5) is 43.7 Å². The summed E-state index contributed by atoms with van der Waals surface area (Å²) in [6.07, 6.45) is 3.15. The zero-order valence-corrected chi connectivity index (χ0v) is 43.5. The molecule has 4 N–H and O–H groups in total. The number of nitrogens with zero attached hydrogens (tertiary/aromatic N) is 2. The maximum atomic E-state index is 14.1. The second-order valence-corrected chi connectivity index (χ2v) is 17.4. The molecule has 0 saturated carbocycles. The van der Waals surface area contributed by atoms with Gasteiger partial charge in [-0.05, 0) is 29.7 Å². The Labute approximate surface area is 422 Å². The van der Waals surface area contributed by atoms with Gasteiger partial charge < -0.3 is 68.6 Å². The third-order valence-corrected chi connectivity index (χ3v) is 11.3. The van der Waals surface area contributed by atoms with Crippen molar-refractivity contribution >= 4 is 46.2 Å². The highest BCUT2D eigenvalue weighted by Crippen LogP contribution is 2.42. The summed E-state index contributed by atoms with van der Waals surface area (Å²) in [4.78, 5) is 51.7. The SMILES string of the molecule is CC[C@@H](C)COc1cc(OC[C@H](C)CC)c([N+](=O)[O-])cc1NC(=O)Nc1cc(NC(=O)Nc2cc([N+](=O)[O-])c(OC[C@H](C)CC)cc2OC[C@H](C)CC)c(OCCOCCOC)cc1OCCOCCOC. The predicted octanol–water partition coefficient (Wildman–Crippen LogP) is 10.6. The van der Waals surface area contributed by atoms with Gasteiger partial charge in [0.2, 0.25) is 11.5 Å². The number of ether oxygens (including phenoxy) is 10. The minimum Gasteiger partial charge on any atom is -0.491 e. The average molecular weight is 1020 g/mol. The summed E-state index contributed by atoms with van der Waals surface area (Å²) in [6.45, 7) is 18.3. The van der Waals surface area contributed by atoms with Crippen molar-refractivity contribution in [3.8, 4) is 34.5 Å². The van der Waals surface area contributed by atoms with Crippen LogP contribution in [0.3, 0.4) is 0 Å². The van der Waals surface area contributed by atoms with Gasteiger partial charge in [-0.15, -0.1) is 0 Å². The van der Waals surface area contributed by atoms with E-state index in [1.165, 1.54) is 36.4 Å². The van der Waals surface area contributed by atoms with Gasteiger partial charge in [0, 0.05) is 44.6 Å². The summed E-state index contributed by atoms with van der Waals surface area (Å²) in [5.74, 6) is 0.847. The smallest absolute Gasteiger partial charge is 0.323 e. The van der Waals surface area contributed by atoms with Crippen molar-refractivity contribution in [3.05, 3.63) is 56.6 Å². The van der Waals surface area contributed by atoms with Crippen molar-refractivity contribution in [1.82, 2.24) is 0 Å². The second kappa shape index (κ2) is 32.6. The van der Waals surface area contributed by atoms with Gasteiger partial charge in [0.15, 0.2) is 0 Å². The van der Waals surface area contributed by atoms with E-state index in [1.807, 2.05) is 55.4 Å². The molecule has 22 heteroatoms. The van der Waals surface area contributed by atoms with Crippen LogP contribution in [0.5, 0.6) is 34.5 Å². The fourth-order valence-electron chi connectivity index (χ4n) is 5.91. The number of nitro groups is 2. The quantitative estimate of drug-likeness (QED) is 0.0240. The van der Waals surface area contributed by atoms with Gasteiger partial charge in [-0.2, -0.15) is 0 Å². The molecule has 0 spiro atoms. The highest BCUT2D eigenvalue weighted by molar-refractivity contribution is 6.05. The van der Waals surface area contributed by atoms with Gasteiger partial charge in [0.05, 0.1) is 98.7 Å². The van der Waals surface area contributed by atoms with Gasteiger partial charge in [0.1, 0.15) is 36.2 Å². The minimum absolute atomic E-state index is 0.0000210. The number of benzene rings is 3. The van der Waals surface area contributed by atoms with E-state index in [1.54, 1.807) is 14.2 Å². The Morgan fingerprint density at radius 1 is 0.431 bits per heavy atom. The number of rotatable bonds is 36. The molecule has 4 atom stereocenters. The van der Waals surface area contributed by atoms with Crippen LogP contribution in [0.2, 0.25) is 0 Å². The Balaban J connectivity index is 2.14. The summed E-state index contributed by atoms with van der Waals surface area (Å²) >= 11 is 0. The maximum Gasteiger partial charge on any atom is 0.323 e. The Morgan fingerprint density at radius 2 is 0.708 bits per heavy atom. The number of amides is 4. The number of carbonyl (C=O) groups excluding carboxylic acids is 2. The molecule has 402 valence electrons. The Kier molecular flexibility index (Phi) is 27.1. The highest BCUT2D eigenvalue weighted by atomic mass is 16.6. The minimum atomic E-state index is -0.867. The van der Waals surface area contributed by atoms with E-state index in [0.717, 1.165) is 25.7 Å². The molecule has 0 aliphatic carbocycles. The predicted molar refractivity (Wildman–Crippen MR) is 274 cm³/mol. The van der Waals surface area contributed by atoms with Gasteiger partial charge >= 0.3 is 23.4 Å². The van der Waals surface area contributed by atoms with Crippen molar-refractivity contribution in [3.63, 3.8) is 0 Å². The van der Waals surface area contributed by atoms with Crippen LogP contribution in [0.1, 0.15) is 81.1 Å². The lowest BCUT2D eigenvalue weighted by atomic mass is 10.1. The molecule has 72 heavy (non-hydrogen) atoms. The Hall–Kier alpha value is -6.36. The Morgan fingerprint density at radius 3 is 1.01 bits per heavy atom. The van der Waals surface area contributed by atoms with E-state index >= 15 is 0 Å². The van der Waals surface area contributed by atoms with Crippen molar-refractivity contribution in [2.24, 2.45) is 23.7 Å². The molecule has 0 heterocycles. The lowest BCUT2D eigenvalue weighted by molar-refractivity contribution is -0.386. The molecule has 3 rings (SSSR count). The summed E-state index contributed by atoms with van der Waals surface area (Å²) in [6, 6.07) is 6.22. The number of hydrogen-bond donors (Lipinski definition) is 4. The molecule has 0 unspecified atom stereocenters. The Bertz CT molecular complexity index is 2020. The molecular weight excluding hydrogens is 941 g/mol.